The Bertz CT molecular complexity index is 1090. The first-order valence-corrected chi connectivity index (χ1v) is 10.7. The van der Waals surface area contributed by atoms with Crippen LogP contribution in [-0.2, 0) is 20.9 Å². The number of hydrogen-bond donors (Lipinski definition) is 0. The van der Waals surface area contributed by atoms with E-state index in [1.807, 2.05) is 6.92 Å². The van der Waals surface area contributed by atoms with Crippen molar-refractivity contribution in [1.82, 2.24) is 4.98 Å². The van der Waals surface area contributed by atoms with Crippen LogP contribution in [-0.4, -0.2) is 30.1 Å². The van der Waals surface area contributed by atoms with Crippen LogP contribution in [0.15, 0.2) is 36.4 Å². The number of carbonyl (C=O) groups is 2. The van der Waals surface area contributed by atoms with Gasteiger partial charge in [-0.05, 0) is 26.0 Å². The molecule has 0 bridgehead atoms. The summed E-state index contributed by atoms with van der Waals surface area (Å²) in [7, 11) is 0. The zero-order valence-corrected chi connectivity index (χ0v) is 18.0. The summed E-state index contributed by atoms with van der Waals surface area (Å²) in [6.07, 6.45) is -0.125. The van der Waals surface area contributed by atoms with Crippen molar-refractivity contribution in [1.29, 1.82) is 0 Å². The Labute approximate surface area is 182 Å². The van der Waals surface area contributed by atoms with Crippen LogP contribution in [0.25, 0.3) is 10.2 Å². The molecule has 0 N–H and O–H groups in total. The van der Waals surface area contributed by atoms with Crippen LogP contribution >= 0.6 is 11.3 Å². The molecule has 0 spiro atoms. The molecule has 31 heavy (non-hydrogen) atoms. The fourth-order valence-corrected chi connectivity index (χ4v) is 3.96. The molecule has 3 rings (SSSR count). The van der Waals surface area contributed by atoms with Gasteiger partial charge in [-0.25, -0.2) is 13.8 Å². The fraction of sp³-hybridized carbons (Fsp3) is 0.318. The molecule has 0 radical (unpaired) electrons. The first-order valence-electron chi connectivity index (χ1n) is 9.84. The third-order valence-electron chi connectivity index (χ3n) is 4.34. The number of esters is 1. The molecule has 0 aliphatic carbocycles. The van der Waals surface area contributed by atoms with Gasteiger partial charge in [0.25, 0.3) is 0 Å². The molecule has 2 aromatic carbocycles. The highest BCUT2D eigenvalue weighted by atomic mass is 32.1. The Balaban J connectivity index is 1.90. The molecule has 3 aromatic rings. The van der Waals surface area contributed by atoms with Crippen LogP contribution in [0.4, 0.5) is 14.5 Å². The molecule has 1 heterocycles. The maximum atomic E-state index is 14.1. The number of halogens is 2. The van der Waals surface area contributed by atoms with E-state index in [2.05, 4.69) is 4.98 Å². The Morgan fingerprint density at radius 1 is 1.10 bits per heavy atom. The zero-order valence-electron chi connectivity index (χ0n) is 17.2. The molecule has 6 nitrogen and oxygen atoms in total. The number of benzene rings is 2. The molecule has 0 aliphatic rings. The van der Waals surface area contributed by atoms with Gasteiger partial charge in [0, 0.05) is 30.3 Å². The van der Waals surface area contributed by atoms with Crippen LogP contribution in [0, 0.1) is 11.6 Å². The molecule has 1 aromatic heterocycles. The minimum Gasteiger partial charge on any atom is -0.494 e. The quantitative estimate of drug-likeness (QED) is 0.438. The highest BCUT2D eigenvalue weighted by Crippen LogP contribution is 2.29. The number of ether oxygens (including phenoxy) is 2. The van der Waals surface area contributed by atoms with E-state index in [9.17, 15) is 18.4 Å². The number of aromatic nitrogens is 1. The third-order valence-corrected chi connectivity index (χ3v) is 5.40. The first kappa shape index (κ1) is 22.6. The van der Waals surface area contributed by atoms with Crippen LogP contribution < -0.4 is 9.64 Å². The second-order valence-corrected chi connectivity index (χ2v) is 7.64. The maximum absolute atomic E-state index is 14.1. The minimum atomic E-state index is -0.714. The number of nitrogens with zero attached hydrogens (tertiary/aromatic N) is 2. The summed E-state index contributed by atoms with van der Waals surface area (Å²) in [5.74, 6) is -1.62. The monoisotopic (exact) mass is 448 g/mol. The van der Waals surface area contributed by atoms with E-state index in [1.165, 1.54) is 4.90 Å². The first-order chi connectivity index (χ1) is 14.9. The van der Waals surface area contributed by atoms with Gasteiger partial charge in [0.05, 0.1) is 36.4 Å². The van der Waals surface area contributed by atoms with Crippen molar-refractivity contribution in [2.24, 2.45) is 0 Å². The van der Waals surface area contributed by atoms with Gasteiger partial charge in [0.2, 0.25) is 5.91 Å². The lowest BCUT2D eigenvalue weighted by atomic mass is 10.2. The van der Waals surface area contributed by atoms with Crippen LogP contribution in [0.3, 0.4) is 0 Å². The van der Waals surface area contributed by atoms with Crippen LogP contribution in [0.1, 0.15) is 31.7 Å². The highest BCUT2D eigenvalue weighted by molar-refractivity contribution is 7.18. The lowest BCUT2D eigenvalue weighted by molar-refractivity contribution is -0.144. The van der Waals surface area contributed by atoms with Crippen molar-refractivity contribution in [2.75, 3.05) is 18.1 Å². The topological polar surface area (TPSA) is 68.7 Å². The lowest BCUT2D eigenvalue weighted by Crippen LogP contribution is -2.30. The van der Waals surface area contributed by atoms with E-state index in [4.69, 9.17) is 9.47 Å². The number of fused-ring (bicyclic) bond motifs is 1. The third kappa shape index (κ3) is 5.75. The average Bonchev–Trinajstić information content (AvgIpc) is 3.14. The largest absolute Gasteiger partial charge is 0.494 e. The number of hydrogen-bond acceptors (Lipinski definition) is 6. The van der Waals surface area contributed by atoms with Crippen molar-refractivity contribution in [3.63, 3.8) is 0 Å². The number of anilines is 1. The van der Waals surface area contributed by atoms with Crippen LogP contribution in [0.2, 0.25) is 0 Å². The van der Waals surface area contributed by atoms with Gasteiger partial charge in [-0.3, -0.25) is 9.59 Å². The summed E-state index contributed by atoms with van der Waals surface area (Å²) in [5.41, 5.74) is 0.741. The second kappa shape index (κ2) is 10.3. The molecule has 0 saturated heterocycles. The van der Waals surface area contributed by atoms with E-state index >= 15 is 0 Å². The van der Waals surface area contributed by atoms with Gasteiger partial charge >= 0.3 is 5.97 Å². The van der Waals surface area contributed by atoms with Crippen molar-refractivity contribution in [3.8, 4) is 5.75 Å². The van der Waals surface area contributed by atoms with Gasteiger partial charge < -0.3 is 14.4 Å². The standard InChI is InChI=1S/C22H22F2N2O4S/c1-3-29-16-7-5-6-15(12-16)26(20(27)8-9-21(28)30-4-2)13-19-25-18-11-14(23)10-17(24)22(18)31-19/h5-7,10-12H,3-4,8-9,13H2,1-2H3. The summed E-state index contributed by atoms with van der Waals surface area (Å²) >= 11 is 1.05. The zero-order chi connectivity index (χ0) is 22.4. The van der Waals surface area contributed by atoms with Gasteiger partial charge in [0.1, 0.15) is 22.4 Å². The average molecular weight is 448 g/mol. The fourth-order valence-electron chi connectivity index (χ4n) is 3.02. The van der Waals surface area contributed by atoms with Crippen molar-refractivity contribution >= 4 is 39.1 Å². The van der Waals surface area contributed by atoms with Gasteiger partial charge in [-0.2, -0.15) is 0 Å². The summed E-state index contributed by atoms with van der Waals surface area (Å²) in [5, 5.41) is 0.436. The number of carbonyl (C=O) groups excluding carboxylic acids is 2. The minimum absolute atomic E-state index is 0.0393. The normalized spacial score (nSPS) is 10.8. The predicted octanol–water partition coefficient (Wildman–Crippen LogP) is 4.85. The number of rotatable bonds is 9. The molecular formula is C22H22F2N2O4S. The highest BCUT2D eigenvalue weighted by Gasteiger charge is 2.21. The smallest absolute Gasteiger partial charge is 0.306 e. The number of thiazole rings is 1. The molecule has 0 saturated carbocycles. The lowest BCUT2D eigenvalue weighted by Gasteiger charge is -2.22. The van der Waals surface area contributed by atoms with Crippen molar-refractivity contribution in [3.05, 3.63) is 53.0 Å². The van der Waals surface area contributed by atoms with E-state index < -0.39 is 17.6 Å². The molecule has 0 aliphatic heterocycles. The molecule has 0 atom stereocenters. The molecule has 1 amide bonds. The summed E-state index contributed by atoms with van der Waals surface area (Å²) in [4.78, 5) is 30.4. The van der Waals surface area contributed by atoms with E-state index in [-0.39, 0.29) is 42.1 Å². The summed E-state index contributed by atoms with van der Waals surface area (Å²) < 4.78 is 38.2. The van der Waals surface area contributed by atoms with E-state index in [0.717, 1.165) is 23.5 Å². The van der Waals surface area contributed by atoms with Crippen molar-refractivity contribution < 1.29 is 27.8 Å². The number of amides is 1. The molecule has 9 heteroatoms. The van der Waals surface area contributed by atoms with Gasteiger partial charge in [-0.15, -0.1) is 11.3 Å². The molecule has 164 valence electrons. The molecule has 0 fully saturated rings. The Morgan fingerprint density at radius 3 is 2.65 bits per heavy atom. The predicted molar refractivity (Wildman–Crippen MR) is 114 cm³/mol. The molecular weight excluding hydrogens is 426 g/mol. The van der Waals surface area contributed by atoms with Crippen LogP contribution in [0.5, 0.6) is 5.75 Å². The second-order valence-electron chi connectivity index (χ2n) is 6.56. The Kier molecular flexibility index (Phi) is 7.51. The van der Waals surface area contributed by atoms with Crippen molar-refractivity contribution in [2.45, 2.75) is 33.2 Å². The van der Waals surface area contributed by atoms with E-state index in [0.29, 0.717) is 23.1 Å². The summed E-state index contributed by atoms with van der Waals surface area (Å²) in [6, 6.07) is 8.92. The SMILES string of the molecule is CCOC(=O)CCC(=O)N(Cc1nc2cc(F)cc(F)c2s1)c1cccc(OCC)c1. The summed E-state index contributed by atoms with van der Waals surface area (Å²) in [6.45, 7) is 4.28. The van der Waals surface area contributed by atoms with Gasteiger partial charge in [-0.1, -0.05) is 6.07 Å². The maximum Gasteiger partial charge on any atom is 0.306 e. The Morgan fingerprint density at radius 2 is 1.90 bits per heavy atom. The van der Waals surface area contributed by atoms with E-state index in [1.54, 1.807) is 31.2 Å². The Hall–Kier alpha value is -3.07. The van der Waals surface area contributed by atoms with Gasteiger partial charge in [0.15, 0.2) is 0 Å². The molecule has 0 unspecified atom stereocenters.